The number of nitrogens with one attached hydrogen (secondary N) is 2. The molecule has 0 unspecified atom stereocenters. The van der Waals surface area contributed by atoms with Crippen LogP contribution in [0, 0.1) is 11.2 Å². The maximum atomic E-state index is 13.1. The molecule has 178 valence electrons. The number of imidazole rings is 1. The zero-order chi connectivity index (χ0) is 24.6. The Morgan fingerprint density at radius 2 is 1.79 bits per heavy atom. The van der Waals surface area contributed by atoms with Gasteiger partial charge in [0, 0.05) is 32.6 Å². The molecule has 0 radical (unpaired) electrons. The van der Waals surface area contributed by atoms with Crippen LogP contribution in [0.3, 0.4) is 0 Å². The molecule has 2 aromatic rings. The summed E-state index contributed by atoms with van der Waals surface area (Å²) in [5, 5.41) is 7.70. The van der Waals surface area contributed by atoms with E-state index in [-0.39, 0.29) is 17.2 Å². The first kappa shape index (κ1) is 25.9. The fourth-order valence-corrected chi connectivity index (χ4v) is 2.95. The largest absolute Gasteiger partial charge is 0.420 e. The lowest BCUT2D eigenvalue weighted by atomic mass is 10.1. The van der Waals surface area contributed by atoms with E-state index < -0.39 is 29.1 Å². The summed E-state index contributed by atoms with van der Waals surface area (Å²) in [5.41, 5.74) is -1.66. The Kier molecular flexibility index (Phi) is 9.03. The lowest BCUT2D eigenvalue weighted by Gasteiger charge is -2.32. The molecule has 1 amide bonds. The van der Waals surface area contributed by atoms with Gasteiger partial charge in [-0.2, -0.15) is 13.2 Å². The van der Waals surface area contributed by atoms with E-state index in [0.717, 1.165) is 44.5 Å². The number of carbonyl (C=O) groups is 2. The molecule has 1 aliphatic heterocycles. The second kappa shape index (κ2) is 11.5. The van der Waals surface area contributed by atoms with Crippen molar-refractivity contribution in [3.63, 3.8) is 0 Å². The Bertz CT molecular complexity index is 991. The van der Waals surface area contributed by atoms with Gasteiger partial charge in [-0.15, -0.1) is 0 Å². The third kappa shape index (κ3) is 7.63. The van der Waals surface area contributed by atoms with E-state index in [1.807, 2.05) is 11.8 Å². The Morgan fingerprint density at radius 3 is 2.27 bits per heavy atom. The number of rotatable bonds is 5. The fourth-order valence-electron chi connectivity index (χ4n) is 2.95. The van der Waals surface area contributed by atoms with Crippen molar-refractivity contribution in [2.75, 3.05) is 33.2 Å². The molecule has 0 bridgehead atoms. The molecule has 1 fully saturated rings. The van der Waals surface area contributed by atoms with Crippen LogP contribution in [0.25, 0.3) is 5.57 Å². The van der Waals surface area contributed by atoms with Crippen molar-refractivity contribution in [1.82, 2.24) is 19.8 Å². The number of hydrogen-bond acceptors (Lipinski definition) is 5. The number of aromatic nitrogens is 2. The summed E-state index contributed by atoms with van der Waals surface area (Å²) in [6.45, 7) is 5.77. The van der Waals surface area contributed by atoms with Crippen LogP contribution in [0.15, 0.2) is 36.5 Å². The summed E-state index contributed by atoms with van der Waals surface area (Å²) in [7, 11) is 2.09. The molecule has 2 heterocycles. The van der Waals surface area contributed by atoms with E-state index in [0.29, 0.717) is 18.8 Å². The molecule has 0 aliphatic carbocycles. The normalized spacial score (nSPS) is 15.0. The van der Waals surface area contributed by atoms with Crippen LogP contribution >= 0.6 is 0 Å². The highest BCUT2D eigenvalue weighted by molar-refractivity contribution is 6.10. The number of nitrogens with zero attached hydrogens (tertiary/aromatic N) is 3. The minimum atomic E-state index is -4.77. The summed E-state index contributed by atoms with van der Waals surface area (Å²) in [6, 6.07) is 4.48. The van der Waals surface area contributed by atoms with Crippen molar-refractivity contribution >= 4 is 23.5 Å². The number of aromatic amines is 1. The SMILES string of the molecule is CCC(=O)N1CCN(C)CC1.N=C(/C=C(\c1ncc(C=O)[nH]1)C(F)(F)F)c1ccc(F)cc1. The maximum Gasteiger partial charge on any atom is 0.420 e. The lowest BCUT2D eigenvalue weighted by molar-refractivity contribution is -0.132. The maximum absolute atomic E-state index is 13.1. The molecule has 0 spiro atoms. The number of H-pyrrole nitrogens is 1. The quantitative estimate of drug-likeness (QED) is 0.400. The second-order valence-corrected chi connectivity index (χ2v) is 7.32. The van der Waals surface area contributed by atoms with Crippen LogP contribution < -0.4 is 0 Å². The summed E-state index contributed by atoms with van der Waals surface area (Å²) in [5.74, 6) is -0.835. The van der Waals surface area contributed by atoms with Crippen molar-refractivity contribution in [1.29, 1.82) is 5.41 Å². The number of piperazine rings is 1. The highest BCUT2D eigenvalue weighted by atomic mass is 19.4. The van der Waals surface area contributed by atoms with Gasteiger partial charge in [-0.3, -0.25) is 9.59 Å². The van der Waals surface area contributed by atoms with Gasteiger partial charge in [-0.1, -0.05) is 6.92 Å². The molecule has 0 atom stereocenters. The van der Waals surface area contributed by atoms with E-state index >= 15 is 0 Å². The minimum absolute atomic E-state index is 0.113. The number of alkyl halides is 3. The number of aldehydes is 1. The van der Waals surface area contributed by atoms with Crippen molar-refractivity contribution in [2.24, 2.45) is 0 Å². The Hall–Kier alpha value is -3.34. The lowest BCUT2D eigenvalue weighted by Crippen LogP contribution is -2.46. The first-order chi connectivity index (χ1) is 15.5. The number of carbonyl (C=O) groups excluding carboxylic acids is 2. The molecule has 3 rings (SSSR count). The van der Waals surface area contributed by atoms with Gasteiger partial charge in [0.25, 0.3) is 0 Å². The zero-order valence-corrected chi connectivity index (χ0v) is 18.2. The van der Waals surface area contributed by atoms with Crippen molar-refractivity contribution in [3.05, 3.63) is 59.4 Å². The molecule has 2 N–H and O–H groups in total. The van der Waals surface area contributed by atoms with Crippen LogP contribution in [-0.2, 0) is 4.79 Å². The standard InChI is InChI=1S/C14H9F4N3O.C8H16N2O/c15-9-3-1-8(2-4-9)12(19)5-11(14(16,17)18)13-20-6-10(7-22)21-13;1-3-8(11)10-6-4-9(2)5-7-10/h1-7,19H,(H,20,21);3-7H2,1-2H3/b11-5+,19-12?;. The molecule has 33 heavy (non-hydrogen) atoms. The predicted molar refractivity (Wildman–Crippen MR) is 116 cm³/mol. The molecule has 1 aromatic carbocycles. The average Bonchev–Trinajstić information content (AvgIpc) is 3.26. The molecule has 1 saturated heterocycles. The summed E-state index contributed by atoms with van der Waals surface area (Å²) >= 11 is 0. The van der Waals surface area contributed by atoms with E-state index in [1.54, 1.807) is 0 Å². The van der Waals surface area contributed by atoms with Gasteiger partial charge in [-0.05, 0) is 43.0 Å². The predicted octanol–water partition coefficient (Wildman–Crippen LogP) is 3.55. The smallest absolute Gasteiger partial charge is 0.340 e. The molecule has 11 heteroatoms. The average molecular weight is 467 g/mol. The number of halogens is 4. The van der Waals surface area contributed by atoms with Crippen LogP contribution in [-0.4, -0.2) is 77.1 Å². The highest BCUT2D eigenvalue weighted by Gasteiger charge is 2.37. The van der Waals surface area contributed by atoms with E-state index in [1.165, 1.54) is 12.1 Å². The monoisotopic (exact) mass is 467 g/mol. The van der Waals surface area contributed by atoms with Gasteiger partial charge >= 0.3 is 6.18 Å². The van der Waals surface area contributed by atoms with Crippen LogP contribution in [0.2, 0.25) is 0 Å². The Morgan fingerprint density at radius 1 is 1.18 bits per heavy atom. The van der Waals surface area contributed by atoms with Gasteiger partial charge in [0.15, 0.2) is 6.29 Å². The summed E-state index contributed by atoms with van der Waals surface area (Å²) in [6.07, 6.45) is -2.27. The van der Waals surface area contributed by atoms with Crippen molar-refractivity contribution < 1.29 is 27.2 Å². The minimum Gasteiger partial charge on any atom is -0.340 e. The van der Waals surface area contributed by atoms with Crippen molar-refractivity contribution in [2.45, 2.75) is 19.5 Å². The first-order valence-electron chi connectivity index (χ1n) is 10.2. The molecule has 1 aromatic heterocycles. The molecule has 0 saturated carbocycles. The van der Waals surface area contributed by atoms with Gasteiger partial charge in [0.2, 0.25) is 5.91 Å². The van der Waals surface area contributed by atoms with Crippen molar-refractivity contribution in [3.8, 4) is 0 Å². The van der Waals surface area contributed by atoms with Gasteiger partial charge in [0.1, 0.15) is 17.2 Å². The molecule has 1 aliphatic rings. The molecular weight excluding hydrogens is 442 g/mol. The number of benzene rings is 1. The number of hydrogen-bond donors (Lipinski definition) is 2. The third-order valence-electron chi connectivity index (χ3n) is 4.89. The van der Waals surface area contributed by atoms with Gasteiger partial charge < -0.3 is 20.2 Å². The van der Waals surface area contributed by atoms with E-state index in [4.69, 9.17) is 5.41 Å². The first-order valence-corrected chi connectivity index (χ1v) is 10.2. The van der Waals surface area contributed by atoms with E-state index in [9.17, 15) is 27.2 Å². The van der Waals surface area contributed by atoms with Crippen LogP contribution in [0.5, 0.6) is 0 Å². The highest BCUT2D eigenvalue weighted by Crippen LogP contribution is 2.32. The number of likely N-dealkylation sites (N-methyl/N-ethyl adjacent to an activating group) is 1. The van der Waals surface area contributed by atoms with Crippen LogP contribution in [0.1, 0.15) is 35.2 Å². The number of amides is 1. The zero-order valence-electron chi connectivity index (χ0n) is 18.2. The molecular formula is C22H25F4N5O2. The summed E-state index contributed by atoms with van der Waals surface area (Å²) < 4.78 is 52.1. The van der Waals surface area contributed by atoms with Gasteiger partial charge in [-0.25, -0.2) is 9.37 Å². The topological polar surface area (TPSA) is 93.2 Å². The molecule has 7 nitrogen and oxygen atoms in total. The van der Waals surface area contributed by atoms with Crippen LogP contribution in [0.4, 0.5) is 17.6 Å². The second-order valence-electron chi connectivity index (χ2n) is 7.32. The summed E-state index contributed by atoms with van der Waals surface area (Å²) in [4.78, 5) is 31.6. The number of allylic oxidation sites excluding steroid dienone is 2. The van der Waals surface area contributed by atoms with Gasteiger partial charge in [0.05, 0.1) is 17.6 Å². The van der Waals surface area contributed by atoms with E-state index in [2.05, 4.69) is 21.9 Å². The fraction of sp³-hybridized carbons (Fsp3) is 0.364. The third-order valence-corrected chi connectivity index (χ3v) is 4.89. The Labute approximate surface area is 188 Å². The Balaban J connectivity index is 0.000000294.